The predicted octanol–water partition coefficient (Wildman–Crippen LogP) is 4.14. The summed E-state index contributed by atoms with van der Waals surface area (Å²) in [5.41, 5.74) is 0.962. The third-order valence-electron chi connectivity index (χ3n) is 6.60. The molecule has 30 heavy (non-hydrogen) atoms. The summed E-state index contributed by atoms with van der Waals surface area (Å²) >= 11 is 0. The summed E-state index contributed by atoms with van der Waals surface area (Å²) in [5.74, 6) is 0.391. The van der Waals surface area contributed by atoms with Crippen LogP contribution in [0.1, 0.15) is 43.7 Å². The van der Waals surface area contributed by atoms with E-state index in [0.29, 0.717) is 18.7 Å². The predicted molar refractivity (Wildman–Crippen MR) is 114 cm³/mol. The first-order valence-corrected chi connectivity index (χ1v) is 10.6. The fourth-order valence-electron chi connectivity index (χ4n) is 5.08. The minimum Gasteiger partial charge on any atom is -0.497 e. The lowest BCUT2D eigenvalue weighted by Gasteiger charge is -2.52. The molecule has 2 aromatic rings. The van der Waals surface area contributed by atoms with Crippen LogP contribution >= 0.6 is 0 Å². The molecule has 4 rings (SSSR count). The van der Waals surface area contributed by atoms with E-state index in [1.165, 1.54) is 12.1 Å². The average Bonchev–Trinajstić information content (AvgIpc) is 2.75. The first-order chi connectivity index (χ1) is 14.5. The highest BCUT2D eigenvalue weighted by atomic mass is 19.1. The van der Waals surface area contributed by atoms with Gasteiger partial charge < -0.3 is 15.2 Å². The van der Waals surface area contributed by atoms with Crippen molar-refractivity contribution in [1.82, 2.24) is 4.90 Å². The smallest absolute Gasteiger partial charge is 0.238 e. The summed E-state index contributed by atoms with van der Waals surface area (Å²) in [7, 11) is 1.60. The Morgan fingerprint density at radius 3 is 2.60 bits per heavy atom. The van der Waals surface area contributed by atoms with E-state index in [2.05, 4.69) is 10.2 Å². The van der Waals surface area contributed by atoms with Gasteiger partial charge in [-0.3, -0.25) is 9.69 Å². The van der Waals surface area contributed by atoms with Crippen molar-refractivity contribution in [2.45, 2.75) is 43.7 Å². The van der Waals surface area contributed by atoms with Crippen LogP contribution in [0.2, 0.25) is 0 Å². The van der Waals surface area contributed by atoms with Crippen LogP contribution in [0.15, 0.2) is 48.5 Å². The molecule has 0 unspecified atom stereocenters. The van der Waals surface area contributed by atoms with Gasteiger partial charge in [-0.25, -0.2) is 4.39 Å². The Kier molecular flexibility index (Phi) is 6.06. The number of piperidine rings is 1. The molecule has 1 aliphatic carbocycles. The van der Waals surface area contributed by atoms with Gasteiger partial charge in [0, 0.05) is 24.2 Å². The number of hydrogen-bond acceptors (Lipinski definition) is 4. The van der Waals surface area contributed by atoms with Crippen molar-refractivity contribution in [3.8, 4) is 5.75 Å². The van der Waals surface area contributed by atoms with E-state index in [-0.39, 0.29) is 30.2 Å². The summed E-state index contributed by atoms with van der Waals surface area (Å²) in [6, 6.07) is 13.6. The second kappa shape index (κ2) is 8.74. The standard InChI is InChI=1S/C24H29FN2O3/c1-30-20-11-9-19(10-12-20)26-22(28)16-27-15-14-24(29)13-3-2-4-21(24)23(27)17-5-7-18(25)8-6-17/h5-12,21,23,29H,2-4,13-16H2,1H3,(H,26,28)/t21-,23+,24+/m0/s1. The summed E-state index contributed by atoms with van der Waals surface area (Å²) < 4.78 is 18.7. The lowest BCUT2D eigenvalue weighted by Crippen LogP contribution is -2.56. The van der Waals surface area contributed by atoms with Crippen molar-refractivity contribution in [3.63, 3.8) is 0 Å². The SMILES string of the molecule is COc1ccc(NC(=O)CN2CC[C@]3(O)CCCC[C@H]3[C@H]2c2ccc(F)cc2)cc1. The van der Waals surface area contributed by atoms with E-state index >= 15 is 0 Å². The third kappa shape index (κ3) is 4.35. The molecule has 0 radical (unpaired) electrons. The molecule has 1 saturated carbocycles. The van der Waals surface area contributed by atoms with Crippen LogP contribution in [0.4, 0.5) is 10.1 Å². The lowest BCUT2D eigenvalue weighted by molar-refractivity contribution is -0.135. The average molecular weight is 413 g/mol. The molecule has 2 aromatic carbocycles. The number of carbonyl (C=O) groups excluding carboxylic acids is 1. The zero-order valence-corrected chi connectivity index (χ0v) is 17.3. The number of ether oxygens (including phenoxy) is 1. The highest BCUT2D eigenvalue weighted by Gasteiger charge is 2.49. The van der Waals surface area contributed by atoms with Gasteiger partial charge in [0.2, 0.25) is 5.91 Å². The van der Waals surface area contributed by atoms with Crippen molar-refractivity contribution in [3.05, 3.63) is 59.9 Å². The summed E-state index contributed by atoms with van der Waals surface area (Å²) in [4.78, 5) is 14.9. The molecule has 160 valence electrons. The Balaban J connectivity index is 1.53. The lowest BCUT2D eigenvalue weighted by atomic mass is 9.66. The van der Waals surface area contributed by atoms with E-state index in [1.807, 2.05) is 12.1 Å². The van der Waals surface area contributed by atoms with Crippen molar-refractivity contribution in [1.29, 1.82) is 0 Å². The van der Waals surface area contributed by atoms with Gasteiger partial charge in [0.1, 0.15) is 11.6 Å². The molecule has 2 N–H and O–H groups in total. The van der Waals surface area contributed by atoms with Gasteiger partial charge in [0.25, 0.3) is 0 Å². The van der Waals surface area contributed by atoms with E-state index in [0.717, 1.165) is 37.0 Å². The number of likely N-dealkylation sites (tertiary alicyclic amines) is 1. The van der Waals surface area contributed by atoms with Crippen LogP contribution in [-0.4, -0.2) is 41.7 Å². The molecule has 0 bridgehead atoms. The number of benzene rings is 2. The van der Waals surface area contributed by atoms with Gasteiger partial charge >= 0.3 is 0 Å². The Bertz CT molecular complexity index is 871. The maximum absolute atomic E-state index is 13.5. The molecular weight excluding hydrogens is 383 g/mol. The highest BCUT2D eigenvalue weighted by molar-refractivity contribution is 5.92. The molecule has 0 aromatic heterocycles. The van der Waals surface area contributed by atoms with Crippen LogP contribution in [0, 0.1) is 11.7 Å². The molecule has 6 heteroatoms. The number of halogens is 1. The number of amides is 1. The monoisotopic (exact) mass is 412 g/mol. The Hall–Kier alpha value is -2.44. The molecule has 0 spiro atoms. The van der Waals surface area contributed by atoms with Crippen molar-refractivity contribution >= 4 is 11.6 Å². The highest BCUT2D eigenvalue weighted by Crippen LogP contribution is 2.49. The molecule has 2 fully saturated rings. The first-order valence-electron chi connectivity index (χ1n) is 10.6. The number of rotatable bonds is 5. The van der Waals surface area contributed by atoms with Crippen LogP contribution in [0.3, 0.4) is 0 Å². The van der Waals surface area contributed by atoms with Crippen molar-refractivity contribution in [2.24, 2.45) is 5.92 Å². The number of methoxy groups -OCH3 is 1. The molecule has 1 aliphatic heterocycles. The van der Waals surface area contributed by atoms with Gasteiger partial charge in [-0.2, -0.15) is 0 Å². The van der Waals surface area contributed by atoms with Gasteiger partial charge in [0.05, 0.1) is 19.3 Å². The number of anilines is 1. The molecule has 1 saturated heterocycles. The zero-order chi connectivity index (χ0) is 21.1. The zero-order valence-electron chi connectivity index (χ0n) is 17.3. The topological polar surface area (TPSA) is 61.8 Å². The van der Waals surface area contributed by atoms with Crippen molar-refractivity contribution in [2.75, 3.05) is 25.5 Å². The number of nitrogens with one attached hydrogen (secondary N) is 1. The molecule has 3 atom stereocenters. The van der Waals surface area contributed by atoms with Crippen LogP contribution < -0.4 is 10.1 Å². The molecular formula is C24H29FN2O3. The fourth-order valence-corrected chi connectivity index (χ4v) is 5.08. The quantitative estimate of drug-likeness (QED) is 0.775. The Morgan fingerprint density at radius 1 is 1.17 bits per heavy atom. The second-order valence-electron chi connectivity index (χ2n) is 8.45. The summed E-state index contributed by atoms with van der Waals surface area (Å²) in [5, 5.41) is 14.2. The van der Waals surface area contributed by atoms with Gasteiger partial charge in [-0.1, -0.05) is 25.0 Å². The second-order valence-corrected chi connectivity index (χ2v) is 8.45. The van der Waals surface area contributed by atoms with Crippen molar-refractivity contribution < 1.29 is 19.0 Å². The van der Waals surface area contributed by atoms with Crippen LogP contribution in [0.25, 0.3) is 0 Å². The molecule has 1 heterocycles. The Morgan fingerprint density at radius 2 is 1.90 bits per heavy atom. The minimum absolute atomic E-state index is 0.0410. The molecule has 1 amide bonds. The van der Waals surface area contributed by atoms with E-state index < -0.39 is 5.60 Å². The normalized spacial score (nSPS) is 26.6. The molecule has 2 aliphatic rings. The maximum Gasteiger partial charge on any atom is 0.238 e. The van der Waals surface area contributed by atoms with Gasteiger partial charge in [-0.15, -0.1) is 0 Å². The number of hydrogen-bond donors (Lipinski definition) is 2. The van der Waals surface area contributed by atoms with E-state index in [4.69, 9.17) is 4.74 Å². The number of aliphatic hydroxyl groups is 1. The molecule has 5 nitrogen and oxygen atoms in total. The van der Waals surface area contributed by atoms with E-state index in [9.17, 15) is 14.3 Å². The van der Waals surface area contributed by atoms with Crippen LogP contribution in [0.5, 0.6) is 5.75 Å². The van der Waals surface area contributed by atoms with Crippen LogP contribution in [-0.2, 0) is 4.79 Å². The van der Waals surface area contributed by atoms with Gasteiger partial charge in [0.15, 0.2) is 0 Å². The third-order valence-corrected chi connectivity index (χ3v) is 6.60. The summed E-state index contributed by atoms with van der Waals surface area (Å²) in [6.45, 7) is 0.853. The Labute approximate surface area is 176 Å². The maximum atomic E-state index is 13.5. The first kappa shape index (κ1) is 20.8. The number of nitrogens with zero attached hydrogens (tertiary/aromatic N) is 1. The van der Waals surface area contributed by atoms with Gasteiger partial charge in [-0.05, 0) is 61.2 Å². The minimum atomic E-state index is -0.708. The number of fused-ring (bicyclic) bond motifs is 1. The number of carbonyl (C=O) groups is 1. The van der Waals surface area contributed by atoms with E-state index in [1.54, 1.807) is 31.4 Å². The summed E-state index contributed by atoms with van der Waals surface area (Å²) in [6.07, 6.45) is 4.46. The largest absolute Gasteiger partial charge is 0.497 e. The fraction of sp³-hybridized carbons (Fsp3) is 0.458.